The van der Waals surface area contributed by atoms with Gasteiger partial charge in [-0.1, -0.05) is 30.8 Å². The van der Waals surface area contributed by atoms with Gasteiger partial charge in [-0.2, -0.15) is 4.31 Å². The van der Waals surface area contributed by atoms with E-state index in [2.05, 4.69) is 17.6 Å². The van der Waals surface area contributed by atoms with Gasteiger partial charge >= 0.3 is 0 Å². The summed E-state index contributed by atoms with van der Waals surface area (Å²) in [5.41, 5.74) is 2.80. The summed E-state index contributed by atoms with van der Waals surface area (Å²) in [6.07, 6.45) is 4.23. The fraction of sp³-hybridized carbons (Fsp3) is 0.500. The van der Waals surface area contributed by atoms with E-state index in [0.717, 1.165) is 60.0 Å². The molecule has 0 spiro atoms. The lowest BCUT2D eigenvalue weighted by Gasteiger charge is -2.30. The van der Waals surface area contributed by atoms with Crippen LogP contribution < -0.4 is 4.74 Å². The average molecular weight is 516 g/mol. The summed E-state index contributed by atoms with van der Waals surface area (Å²) in [5, 5.41) is 0.875. The molecule has 0 unspecified atom stereocenters. The first-order chi connectivity index (χ1) is 16.9. The van der Waals surface area contributed by atoms with Crippen molar-refractivity contribution in [3.63, 3.8) is 0 Å². The molecule has 2 saturated heterocycles. The minimum Gasteiger partial charge on any atom is -0.497 e. The number of sulfonamides is 1. The molecule has 3 aromatic rings. The van der Waals surface area contributed by atoms with Crippen LogP contribution >= 0.6 is 11.8 Å². The van der Waals surface area contributed by atoms with Crippen LogP contribution in [0.4, 0.5) is 0 Å². The van der Waals surface area contributed by atoms with Crippen LogP contribution in [0.15, 0.2) is 52.5 Å². The molecular weight excluding hydrogens is 482 g/mol. The lowest BCUT2D eigenvalue weighted by Crippen LogP contribution is -2.39. The summed E-state index contributed by atoms with van der Waals surface area (Å²) in [6.45, 7) is 4.78. The highest BCUT2D eigenvalue weighted by atomic mass is 32.2. The Balaban J connectivity index is 1.46. The fourth-order valence-electron chi connectivity index (χ4n) is 4.95. The minimum absolute atomic E-state index is 0.154. The van der Waals surface area contributed by atoms with Gasteiger partial charge in [-0.25, -0.2) is 13.4 Å². The summed E-state index contributed by atoms with van der Waals surface area (Å²) in [4.78, 5) is 5.23. The van der Waals surface area contributed by atoms with Gasteiger partial charge in [0, 0.05) is 25.4 Å². The largest absolute Gasteiger partial charge is 0.497 e. The van der Waals surface area contributed by atoms with Crippen LogP contribution in [-0.2, 0) is 27.1 Å². The van der Waals surface area contributed by atoms with Gasteiger partial charge in [-0.05, 0) is 67.5 Å². The van der Waals surface area contributed by atoms with E-state index in [1.54, 1.807) is 35.3 Å². The van der Waals surface area contributed by atoms with Crippen molar-refractivity contribution in [1.82, 2.24) is 13.9 Å². The first-order valence-corrected chi connectivity index (χ1v) is 14.7. The lowest BCUT2D eigenvalue weighted by atomic mass is 10.0. The van der Waals surface area contributed by atoms with Crippen LogP contribution in [0.25, 0.3) is 11.0 Å². The summed E-state index contributed by atoms with van der Waals surface area (Å²) in [6, 6.07) is 13.4. The third kappa shape index (κ3) is 5.38. The van der Waals surface area contributed by atoms with Gasteiger partial charge in [-0.3, -0.25) is 0 Å². The molecule has 2 fully saturated rings. The molecule has 5 rings (SSSR count). The predicted molar refractivity (Wildman–Crippen MR) is 138 cm³/mol. The standard InChI is InChI=1S/C26H33N3O4S2/c1-19-6-4-12-28(16-19)35(30,31)23-10-11-25-24(15-23)27-26(29(25)17-22-9-5-13-33-22)34-18-20-7-3-8-21(14-20)32-2/h3,7-8,10-11,14-15,19,22H,4-6,9,12-13,16-18H2,1-2H3/t19-,22-/m0/s1. The van der Waals surface area contributed by atoms with Crippen LogP contribution in [0, 0.1) is 5.92 Å². The topological polar surface area (TPSA) is 73.7 Å². The number of nitrogens with zero attached hydrogens (tertiary/aromatic N) is 3. The molecule has 7 nitrogen and oxygen atoms in total. The first kappa shape index (κ1) is 24.6. The highest BCUT2D eigenvalue weighted by Crippen LogP contribution is 2.32. The van der Waals surface area contributed by atoms with Gasteiger partial charge in [0.1, 0.15) is 5.75 Å². The van der Waals surface area contributed by atoms with Gasteiger partial charge < -0.3 is 14.0 Å². The van der Waals surface area contributed by atoms with E-state index in [-0.39, 0.29) is 6.10 Å². The Bertz CT molecular complexity index is 1280. The van der Waals surface area contributed by atoms with Gasteiger partial charge in [0.15, 0.2) is 5.16 Å². The second kappa shape index (κ2) is 10.5. The summed E-state index contributed by atoms with van der Waals surface area (Å²) in [5.74, 6) is 1.95. The lowest BCUT2D eigenvalue weighted by molar-refractivity contribution is 0.0960. The van der Waals surface area contributed by atoms with E-state index in [1.165, 1.54) is 0 Å². The van der Waals surface area contributed by atoms with Crippen molar-refractivity contribution in [2.24, 2.45) is 5.92 Å². The molecule has 2 atom stereocenters. The molecule has 3 heterocycles. The molecule has 0 N–H and O–H groups in total. The number of benzene rings is 2. The summed E-state index contributed by atoms with van der Waals surface area (Å²) in [7, 11) is -1.87. The maximum absolute atomic E-state index is 13.4. The number of thioether (sulfide) groups is 1. The second-order valence-corrected chi connectivity index (χ2v) is 12.4. The molecule has 2 aromatic carbocycles. The van der Waals surface area contributed by atoms with Gasteiger partial charge in [0.05, 0.1) is 35.7 Å². The predicted octanol–water partition coefficient (Wildman–Crippen LogP) is 4.94. The summed E-state index contributed by atoms with van der Waals surface area (Å²) < 4.78 is 41.8. The zero-order valence-electron chi connectivity index (χ0n) is 20.4. The number of hydrogen-bond donors (Lipinski definition) is 0. The molecule has 2 aliphatic heterocycles. The van der Waals surface area contributed by atoms with Crippen molar-refractivity contribution in [3.05, 3.63) is 48.0 Å². The van der Waals surface area contributed by atoms with Crippen molar-refractivity contribution < 1.29 is 17.9 Å². The molecule has 0 aliphatic carbocycles. The number of methoxy groups -OCH3 is 1. The molecule has 188 valence electrons. The Labute approximate surface area is 211 Å². The van der Waals surface area contributed by atoms with Crippen LogP contribution in [0.5, 0.6) is 5.75 Å². The molecule has 0 amide bonds. The number of fused-ring (bicyclic) bond motifs is 1. The zero-order chi connectivity index (χ0) is 24.4. The third-order valence-electron chi connectivity index (χ3n) is 6.85. The number of hydrogen-bond acceptors (Lipinski definition) is 6. The number of rotatable bonds is 8. The Morgan fingerprint density at radius 2 is 2.06 bits per heavy atom. The van der Waals surface area contributed by atoms with E-state index in [0.29, 0.717) is 36.0 Å². The number of imidazole rings is 1. The second-order valence-electron chi connectivity index (χ2n) is 9.54. The third-order valence-corrected chi connectivity index (χ3v) is 9.76. The SMILES string of the molecule is COc1cccc(CSc2nc3cc(S(=O)(=O)N4CCC[C@H](C)C4)ccc3n2C[C@@H]2CCCO2)c1. The van der Waals surface area contributed by atoms with E-state index in [9.17, 15) is 8.42 Å². The Morgan fingerprint density at radius 1 is 1.17 bits per heavy atom. The van der Waals surface area contributed by atoms with Crippen LogP contribution in [0.2, 0.25) is 0 Å². The molecule has 0 saturated carbocycles. The number of piperidine rings is 1. The first-order valence-electron chi connectivity index (χ1n) is 12.3. The van der Waals surface area contributed by atoms with Crippen molar-refractivity contribution in [1.29, 1.82) is 0 Å². The molecular formula is C26H33N3O4S2. The molecule has 0 radical (unpaired) electrons. The normalized spacial score (nSPS) is 21.5. The van der Waals surface area contributed by atoms with E-state index >= 15 is 0 Å². The molecule has 9 heteroatoms. The Hall–Kier alpha value is -2.07. The highest BCUT2D eigenvalue weighted by Gasteiger charge is 2.29. The molecule has 2 aliphatic rings. The molecule has 35 heavy (non-hydrogen) atoms. The Morgan fingerprint density at radius 3 is 2.83 bits per heavy atom. The highest BCUT2D eigenvalue weighted by molar-refractivity contribution is 7.98. The van der Waals surface area contributed by atoms with Gasteiger partial charge in [0.2, 0.25) is 10.0 Å². The average Bonchev–Trinajstić information content (AvgIpc) is 3.51. The quantitative estimate of drug-likeness (QED) is 0.396. The fourth-order valence-corrected chi connectivity index (χ4v) is 7.54. The van der Waals surface area contributed by atoms with E-state index in [4.69, 9.17) is 14.5 Å². The molecule has 1 aromatic heterocycles. The zero-order valence-corrected chi connectivity index (χ0v) is 22.0. The molecule has 0 bridgehead atoms. The minimum atomic E-state index is -3.54. The van der Waals surface area contributed by atoms with Crippen molar-refractivity contribution in [2.45, 2.75) is 61.1 Å². The van der Waals surface area contributed by atoms with Gasteiger partial charge in [-0.15, -0.1) is 0 Å². The van der Waals surface area contributed by atoms with E-state index in [1.807, 2.05) is 24.3 Å². The summed E-state index contributed by atoms with van der Waals surface area (Å²) >= 11 is 1.65. The smallest absolute Gasteiger partial charge is 0.243 e. The van der Waals surface area contributed by atoms with E-state index < -0.39 is 10.0 Å². The van der Waals surface area contributed by atoms with Crippen LogP contribution in [-0.4, -0.2) is 55.2 Å². The van der Waals surface area contributed by atoms with Crippen molar-refractivity contribution >= 4 is 32.8 Å². The Kier molecular flexibility index (Phi) is 7.39. The van der Waals surface area contributed by atoms with Crippen molar-refractivity contribution in [3.8, 4) is 5.75 Å². The van der Waals surface area contributed by atoms with Gasteiger partial charge in [0.25, 0.3) is 0 Å². The maximum Gasteiger partial charge on any atom is 0.243 e. The van der Waals surface area contributed by atoms with Crippen LogP contribution in [0.1, 0.15) is 38.2 Å². The number of ether oxygens (including phenoxy) is 2. The van der Waals surface area contributed by atoms with Crippen molar-refractivity contribution in [2.75, 3.05) is 26.8 Å². The maximum atomic E-state index is 13.4. The number of aromatic nitrogens is 2. The monoisotopic (exact) mass is 515 g/mol. The van der Waals surface area contributed by atoms with Crippen LogP contribution in [0.3, 0.4) is 0 Å².